The molecule has 126 valence electrons. The fraction of sp³-hybridized carbons (Fsp3) is 0.125. The van der Waals surface area contributed by atoms with Crippen LogP contribution in [0.25, 0.3) is 0 Å². The number of benzene rings is 2. The maximum atomic E-state index is 11.9. The Balaban J connectivity index is 2.02. The summed E-state index contributed by atoms with van der Waals surface area (Å²) in [7, 11) is 0. The Kier molecular flexibility index (Phi) is 6.31. The molecule has 0 radical (unpaired) electrons. The van der Waals surface area contributed by atoms with E-state index in [9.17, 15) is 9.59 Å². The van der Waals surface area contributed by atoms with E-state index in [4.69, 9.17) is 50.0 Å². The zero-order valence-corrected chi connectivity index (χ0v) is 14.4. The van der Waals surface area contributed by atoms with E-state index in [2.05, 4.69) is 0 Å². The summed E-state index contributed by atoms with van der Waals surface area (Å²) in [6.45, 7) is -0.478. The number of hydrogen-bond acceptors (Lipinski definition) is 4. The van der Waals surface area contributed by atoms with Crippen LogP contribution in [0.4, 0.5) is 0 Å². The number of carbonyl (C=O) groups excluding carboxylic acids is 2. The molecule has 0 aliphatic carbocycles. The van der Waals surface area contributed by atoms with Crippen molar-refractivity contribution in [3.63, 3.8) is 0 Å². The van der Waals surface area contributed by atoms with E-state index in [0.717, 1.165) is 0 Å². The number of esters is 1. The van der Waals surface area contributed by atoms with Crippen molar-refractivity contribution in [3.05, 3.63) is 63.1 Å². The first-order chi connectivity index (χ1) is 11.4. The molecule has 0 heterocycles. The van der Waals surface area contributed by atoms with Crippen molar-refractivity contribution < 1.29 is 19.1 Å². The van der Waals surface area contributed by atoms with E-state index in [0.29, 0.717) is 5.56 Å². The average Bonchev–Trinajstić information content (AvgIpc) is 2.55. The topological polar surface area (TPSA) is 78.6 Å². The first kappa shape index (κ1) is 18.4. The van der Waals surface area contributed by atoms with E-state index < -0.39 is 24.6 Å². The highest BCUT2D eigenvalue weighted by molar-refractivity contribution is 6.43. The predicted octanol–water partition coefficient (Wildman–Crippen LogP) is 3.80. The van der Waals surface area contributed by atoms with E-state index in [1.54, 1.807) is 30.3 Å². The van der Waals surface area contributed by atoms with Crippen molar-refractivity contribution in [2.24, 2.45) is 5.73 Å². The van der Waals surface area contributed by atoms with Gasteiger partial charge in [-0.15, -0.1) is 0 Å². The van der Waals surface area contributed by atoms with Crippen molar-refractivity contribution in [3.8, 4) is 5.75 Å². The Morgan fingerprint density at radius 1 is 1.00 bits per heavy atom. The molecule has 0 aliphatic heterocycles. The predicted molar refractivity (Wildman–Crippen MR) is 91.4 cm³/mol. The highest BCUT2D eigenvalue weighted by Crippen LogP contribution is 2.33. The number of primary amides is 1. The van der Waals surface area contributed by atoms with Gasteiger partial charge in [0.15, 0.2) is 6.61 Å². The quantitative estimate of drug-likeness (QED) is 0.603. The number of ether oxygens (including phenoxy) is 2. The standard InChI is InChI=1S/C16H12Cl3NO4/c17-10-6-12(19)13(7-11(10)18)23-8-14(21)24-15(16(20)22)9-4-2-1-3-5-9/h1-7,15H,8H2,(H2,20,22). The molecule has 24 heavy (non-hydrogen) atoms. The van der Waals surface area contributed by atoms with Gasteiger partial charge in [0.05, 0.1) is 15.1 Å². The molecule has 2 rings (SSSR count). The van der Waals surface area contributed by atoms with Crippen LogP contribution in [0, 0.1) is 0 Å². The first-order valence-electron chi connectivity index (χ1n) is 6.69. The van der Waals surface area contributed by atoms with Gasteiger partial charge >= 0.3 is 5.97 Å². The van der Waals surface area contributed by atoms with Crippen LogP contribution in [-0.4, -0.2) is 18.5 Å². The monoisotopic (exact) mass is 387 g/mol. The number of halogens is 3. The van der Waals surface area contributed by atoms with Crippen LogP contribution >= 0.6 is 34.8 Å². The largest absolute Gasteiger partial charge is 0.480 e. The summed E-state index contributed by atoms with van der Waals surface area (Å²) >= 11 is 17.6. The minimum absolute atomic E-state index is 0.165. The normalized spacial score (nSPS) is 11.6. The van der Waals surface area contributed by atoms with Gasteiger partial charge in [0.25, 0.3) is 5.91 Å². The molecular formula is C16H12Cl3NO4. The van der Waals surface area contributed by atoms with Gasteiger partial charge in [-0.05, 0) is 6.07 Å². The molecule has 8 heteroatoms. The molecule has 0 aliphatic rings. The van der Waals surface area contributed by atoms with Crippen LogP contribution in [0.2, 0.25) is 15.1 Å². The maximum absolute atomic E-state index is 11.9. The second-order valence-corrected chi connectivity index (χ2v) is 5.89. The molecule has 0 fully saturated rings. The summed E-state index contributed by atoms with van der Waals surface area (Å²) in [5.74, 6) is -1.41. The van der Waals surface area contributed by atoms with E-state index >= 15 is 0 Å². The van der Waals surface area contributed by atoms with Crippen LogP contribution < -0.4 is 10.5 Å². The molecule has 0 saturated heterocycles. The fourth-order valence-electron chi connectivity index (χ4n) is 1.84. The number of hydrogen-bond donors (Lipinski definition) is 1. The highest BCUT2D eigenvalue weighted by Gasteiger charge is 2.22. The maximum Gasteiger partial charge on any atom is 0.345 e. The smallest absolute Gasteiger partial charge is 0.345 e. The Morgan fingerprint density at radius 3 is 2.25 bits per heavy atom. The minimum Gasteiger partial charge on any atom is -0.480 e. The second-order valence-electron chi connectivity index (χ2n) is 4.67. The van der Waals surface area contributed by atoms with Gasteiger partial charge in [-0.2, -0.15) is 0 Å². The van der Waals surface area contributed by atoms with Gasteiger partial charge < -0.3 is 15.2 Å². The molecule has 0 aromatic heterocycles. The molecule has 2 N–H and O–H groups in total. The lowest BCUT2D eigenvalue weighted by Crippen LogP contribution is -2.28. The van der Waals surface area contributed by atoms with E-state index in [-0.39, 0.29) is 20.8 Å². The Hall–Kier alpha value is -1.95. The molecule has 0 saturated carbocycles. The number of nitrogens with two attached hydrogens (primary N) is 1. The van der Waals surface area contributed by atoms with Crippen LogP contribution in [0.15, 0.2) is 42.5 Å². The Bertz CT molecular complexity index is 752. The Labute approximate surface area is 153 Å². The number of amides is 1. The average molecular weight is 389 g/mol. The summed E-state index contributed by atoms with van der Waals surface area (Å²) in [6.07, 6.45) is -1.20. The lowest BCUT2D eigenvalue weighted by atomic mass is 10.1. The SMILES string of the molecule is NC(=O)C(OC(=O)COc1cc(Cl)c(Cl)cc1Cl)c1ccccc1. The van der Waals surface area contributed by atoms with Crippen molar-refractivity contribution >= 4 is 46.7 Å². The van der Waals surface area contributed by atoms with Crippen molar-refractivity contribution in [1.82, 2.24) is 0 Å². The fourth-order valence-corrected chi connectivity index (χ4v) is 2.43. The molecule has 1 amide bonds. The zero-order valence-electron chi connectivity index (χ0n) is 12.2. The molecule has 2 aromatic carbocycles. The van der Waals surface area contributed by atoms with Gasteiger partial charge in [0.2, 0.25) is 6.10 Å². The van der Waals surface area contributed by atoms with Gasteiger partial charge in [-0.1, -0.05) is 65.1 Å². The van der Waals surface area contributed by atoms with Crippen molar-refractivity contribution in [2.75, 3.05) is 6.61 Å². The van der Waals surface area contributed by atoms with Crippen LogP contribution in [0.1, 0.15) is 11.7 Å². The lowest BCUT2D eigenvalue weighted by molar-refractivity contribution is -0.157. The van der Waals surface area contributed by atoms with Crippen LogP contribution in [-0.2, 0) is 14.3 Å². The lowest BCUT2D eigenvalue weighted by Gasteiger charge is -2.15. The summed E-state index contributed by atoms with van der Waals surface area (Å²) in [5.41, 5.74) is 5.74. The van der Waals surface area contributed by atoms with Crippen molar-refractivity contribution in [2.45, 2.75) is 6.10 Å². The highest BCUT2D eigenvalue weighted by atomic mass is 35.5. The molecule has 5 nitrogen and oxygen atoms in total. The van der Waals surface area contributed by atoms with Crippen molar-refractivity contribution in [1.29, 1.82) is 0 Å². The minimum atomic E-state index is -1.20. The van der Waals surface area contributed by atoms with Gasteiger partial charge in [-0.25, -0.2) is 4.79 Å². The van der Waals surface area contributed by atoms with Crippen LogP contribution in [0.3, 0.4) is 0 Å². The summed E-state index contributed by atoms with van der Waals surface area (Å²) in [4.78, 5) is 23.4. The third kappa shape index (κ3) is 4.77. The molecular weight excluding hydrogens is 377 g/mol. The molecule has 0 spiro atoms. The zero-order chi connectivity index (χ0) is 17.7. The molecule has 1 unspecified atom stereocenters. The van der Waals surface area contributed by atoms with Gasteiger partial charge in [0, 0.05) is 11.6 Å². The first-order valence-corrected chi connectivity index (χ1v) is 7.83. The van der Waals surface area contributed by atoms with Gasteiger partial charge in [-0.3, -0.25) is 4.79 Å². The molecule has 0 bridgehead atoms. The third-order valence-electron chi connectivity index (χ3n) is 2.93. The molecule has 1 atom stereocenters. The summed E-state index contributed by atoms with van der Waals surface area (Å²) in [6, 6.07) is 11.2. The Morgan fingerprint density at radius 2 is 1.62 bits per heavy atom. The second kappa shape index (κ2) is 8.24. The number of rotatable bonds is 6. The van der Waals surface area contributed by atoms with E-state index in [1.807, 2.05) is 0 Å². The number of carbonyl (C=O) groups is 2. The van der Waals surface area contributed by atoms with Crippen LogP contribution in [0.5, 0.6) is 5.75 Å². The summed E-state index contributed by atoms with van der Waals surface area (Å²) < 4.78 is 10.3. The van der Waals surface area contributed by atoms with Gasteiger partial charge in [0.1, 0.15) is 5.75 Å². The summed E-state index contributed by atoms with van der Waals surface area (Å²) in [5, 5.41) is 0.671. The van der Waals surface area contributed by atoms with E-state index in [1.165, 1.54) is 12.1 Å². The third-order valence-corrected chi connectivity index (χ3v) is 3.95. The molecule has 2 aromatic rings.